The van der Waals surface area contributed by atoms with E-state index in [0.717, 1.165) is 42.9 Å². The van der Waals surface area contributed by atoms with E-state index < -0.39 is 0 Å². The van der Waals surface area contributed by atoms with Crippen LogP contribution in [0.5, 0.6) is 0 Å². The number of nitrogens with one attached hydrogen (secondary N) is 1. The monoisotopic (exact) mass is 250 g/mol. The van der Waals surface area contributed by atoms with E-state index in [-0.39, 0.29) is 0 Å². The molecule has 4 heteroatoms. The standard InChI is InChI=1S/C13H18N2OS/c17-13-10-4-2-1-3-5-11(10)14-12(15-13)9-6-7-16-8-9/h9H,1-8H2,(H,14,15,17). The van der Waals surface area contributed by atoms with Gasteiger partial charge in [-0.15, -0.1) is 0 Å². The van der Waals surface area contributed by atoms with E-state index in [1.807, 2.05) is 0 Å². The molecule has 0 aromatic carbocycles. The fraction of sp³-hybridized carbons (Fsp3) is 0.692. The molecule has 1 saturated heterocycles. The summed E-state index contributed by atoms with van der Waals surface area (Å²) in [6, 6.07) is 0. The summed E-state index contributed by atoms with van der Waals surface area (Å²) in [6.07, 6.45) is 7.11. The molecule has 2 aliphatic rings. The summed E-state index contributed by atoms with van der Waals surface area (Å²) in [7, 11) is 0. The summed E-state index contributed by atoms with van der Waals surface area (Å²) < 4.78 is 6.25. The summed E-state index contributed by atoms with van der Waals surface area (Å²) in [5, 5.41) is 0. The Hall–Kier alpha value is -0.740. The van der Waals surface area contributed by atoms with E-state index in [4.69, 9.17) is 17.0 Å². The van der Waals surface area contributed by atoms with Crippen LogP contribution < -0.4 is 0 Å². The van der Waals surface area contributed by atoms with Crippen LogP contribution in [0.15, 0.2) is 0 Å². The molecule has 0 bridgehead atoms. The summed E-state index contributed by atoms with van der Waals surface area (Å²) in [5.41, 5.74) is 2.63. The Labute approximate surface area is 107 Å². The molecule has 3 nitrogen and oxygen atoms in total. The quantitative estimate of drug-likeness (QED) is 0.615. The maximum absolute atomic E-state index is 5.45. The molecule has 1 atom stereocenters. The number of aromatic nitrogens is 2. The summed E-state index contributed by atoms with van der Waals surface area (Å²) >= 11 is 5.45. The van der Waals surface area contributed by atoms with Gasteiger partial charge in [-0.3, -0.25) is 0 Å². The van der Waals surface area contributed by atoms with Crippen molar-refractivity contribution in [2.24, 2.45) is 0 Å². The molecular weight excluding hydrogens is 232 g/mol. The third-order valence-electron chi connectivity index (χ3n) is 3.79. The van der Waals surface area contributed by atoms with Gasteiger partial charge in [0.05, 0.1) is 6.61 Å². The molecule has 92 valence electrons. The van der Waals surface area contributed by atoms with Crippen LogP contribution in [0, 0.1) is 4.64 Å². The summed E-state index contributed by atoms with van der Waals surface area (Å²) in [4.78, 5) is 8.12. The predicted molar refractivity (Wildman–Crippen MR) is 68.9 cm³/mol. The fourth-order valence-corrected chi connectivity index (χ4v) is 3.08. The third kappa shape index (κ3) is 2.29. The van der Waals surface area contributed by atoms with Gasteiger partial charge in [0.1, 0.15) is 10.5 Å². The van der Waals surface area contributed by atoms with Gasteiger partial charge in [0.25, 0.3) is 0 Å². The number of hydrogen-bond donors (Lipinski definition) is 1. The normalized spacial score (nSPS) is 24.4. The third-order valence-corrected chi connectivity index (χ3v) is 4.13. The van der Waals surface area contributed by atoms with Crippen molar-refractivity contribution in [1.29, 1.82) is 0 Å². The average Bonchev–Trinajstić information content (AvgIpc) is 2.75. The van der Waals surface area contributed by atoms with Crippen molar-refractivity contribution in [1.82, 2.24) is 9.97 Å². The highest BCUT2D eigenvalue weighted by atomic mass is 32.1. The topological polar surface area (TPSA) is 37.9 Å². The molecule has 1 aromatic rings. The van der Waals surface area contributed by atoms with Crippen LogP contribution >= 0.6 is 12.2 Å². The minimum Gasteiger partial charge on any atom is -0.381 e. The molecule has 1 unspecified atom stereocenters. The second-order valence-electron chi connectivity index (χ2n) is 5.01. The van der Waals surface area contributed by atoms with Gasteiger partial charge in [-0.25, -0.2) is 4.98 Å². The molecule has 3 rings (SSSR count). The zero-order valence-electron chi connectivity index (χ0n) is 10.00. The Morgan fingerprint density at radius 1 is 1.24 bits per heavy atom. The maximum Gasteiger partial charge on any atom is 0.133 e. The number of H-pyrrole nitrogens is 1. The first-order valence-corrected chi connectivity index (χ1v) is 6.95. The summed E-state index contributed by atoms with van der Waals surface area (Å²) in [6.45, 7) is 1.64. The van der Waals surface area contributed by atoms with Gasteiger partial charge in [0.2, 0.25) is 0 Å². The molecule has 2 heterocycles. The van der Waals surface area contributed by atoms with Crippen molar-refractivity contribution in [2.75, 3.05) is 13.2 Å². The van der Waals surface area contributed by atoms with Crippen LogP contribution in [0.25, 0.3) is 0 Å². The molecule has 1 N–H and O–H groups in total. The van der Waals surface area contributed by atoms with E-state index in [0.29, 0.717) is 5.92 Å². The van der Waals surface area contributed by atoms with Crippen molar-refractivity contribution in [3.8, 4) is 0 Å². The van der Waals surface area contributed by atoms with Crippen molar-refractivity contribution >= 4 is 12.2 Å². The van der Waals surface area contributed by atoms with Crippen LogP contribution in [-0.2, 0) is 17.6 Å². The first-order chi connectivity index (χ1) is 8.34. The van der Waals surface area contributed by atoms with Crippen molar-refractivity contribution in [3.05, 3.63) is 21.7 Å². The van der Waals surface area contributed by atoms with Gasteiger partial charge >= 0.3 is 0 Å². The largest absolute Gasteiger partial charge is 0.381 e. The number of aryl methyl sites for hydroxylation is 1. The number of nitrogens with zero attached hydrogens (tertiary/aromatic N) is 1. The van der Waals surface area contributed by atoms with Gasteiger partial charge in [-0.2, -0.15) is 0 Å². The Balaban J connectivity index is 1.99. The molecule has 0 amide bonds. The lowest BCUT2D eigenvalue weighted by atomic mass is 10.1. The van der Waals surface area contributed by atoms with Gasteiger partial charge < -0.3 is 9.72 Å². The van der Waals surface area contributed by atoms with E-state index in [1.54, 1.807) is 0 Å². The zero-order chi connectivity index (χ0) is 11.7. The number of fused-ring (bicyclic) bond motifs is 1. The van der Waals surface area contributed by atoms with Crippen LogP contribution in [0.4, 0.5) is 0 Å². The second-order valence-corrected chi connectivity index (χ2v) is 5.39. The Bertz CT molecular complexity index is 463. The van der Waals surface area contributed by atoms with Gasteiger partial charge in [0.15, 0.2) is 0 Å². The Kier molecular flexibility index (Phi) is 3.25. The lowest BCUT2D eigenvalue weighted by Crippen LogP contribution is -2.09. The Morgan fingerprint density at radius 3 is 2.94 bits per heavy atom. The minimum atomic E-state index is 0.422. The van der Waals surface area contributed by atoms with Crippen LogP contribution in [0.2, 0.25) is 0 Å². The number of rotatable bonds is 1. The van der Waals surface area contributed by atoms with Crippen LogP contribution in [-0.4, -0.2) is 23.2 Å². The number of ether oxygens (including phenoxy) is 1. The fourth-order valence-electron chi connectivity index (χ4n) is 2.76. The second kappa shape index (κ2) is 4.86. The van der Waals surface area contributed by atoms with Gasteiger partial charge in [-0.1, -0.05) is 18.6 Å². The van der Waals surface area contributed by atoms with Crippen molar-refractivity contribution in [2.45, 2.75) is 44.4 Å². The highest BCUT2D eigenvalue weighted by molar-refractivity contribution is 7.71. The molecule has 1 aliphatic heterocycles. The molecule has 0 saturated carbocycles. The smallest absolute Gasteiger partial charge is 0.133 e. The molecule has 1 fully saturated rings. The summed E-state index contributed by atoms with van der Waals surface area (Å²) in [5.74, 6) is 1.47. The SMILES string of the molecule is S=c1nc(C2CCOC2)[nH]c2c1CCCCC2. The van der Waals surface area contributed by atoms with Crippen LogP contribution in [0.3, 0.4) is 0 Å². The van der Waals surface area contributed by atoms with Gasteiger partial charge in [0, 0.05) is 23.8 Å². The van der Waals surface area contributed by atoms with E-state index in [1.165, 1.54) is 30.5 Å². The molecule has 0 radical (unpaired) electrons. The average molecular weight is 250 g/mol. The predicted octanol–water partition coefficient (Wildman–Crippen LogP) is 2.91. The maximum atomic E-state index is 5.45. The lowest BCUT2D eigenvalue weighted by molar-refractivity contribution is 0.193. The van der Waals surface area contributed by atoms with Crippen molar-refractivity contribution in [3.63, 3.8) is 0 Å². The molecule has 1 aliphatic carbocycles. The molecule has 0 spiro atoms. The zero-order valence-corrected chi connectivity index (χ0v) is 10.8. The number of hydrogen-bond acceptors (Lipinski definition) is 3. The Morgan fingerprint density at radius 2 is 2.12 bits per heavy atom. The van der Waals surface area contributed by atoms with Crippen molar-refractivity contribution < 1.29 is 4.74 Å². The minimum absolute atomic E-state index is 0.422. The highest BCUT2D eigenvalue weighted by Crippen LogP contribution is 2.25. The van der Waals surface area contributed by atoms with E-state index in [9.17, 15) is 0 Å². The van der Waals surface area contributed by atoms with E-state index >= 15 is 0 Å². The molecule has 17 heavy (non-hydrogen) atoms. The van der Waals surface area contributed by atoms with E-state index in [2.05, 4.69) is 9.97 Å². The first-order valence-electron chi connectivity index (χ1n) is 6.54. The molecule has 1 aromatic heterocycles. The first kappa shape index (κ1) is 11.4. The lowest BCUT2D eigenvalue weighted by Gasteiger charge is -2.12. The van der Waals surface area contributed by atoms with Gasteiger partial charge in [-0.05, 0) is 32.1 Å². The highest BCUT2D eigenvalue weighted by Gasteiger charge is 2.21. The number of aromatic amines is 1. The molecular formula is C13H18N2OS. The van der Waals surface area contributed by atoms with Crippen LogP contribution in [0.1, 0.15) is 48.7 Å².